The highest BCUT2D eigenvalue weighted by molar-refractivity contribution is 5.94. The van der Waals surface area contributed by atoms with Crippen LogP contribution in [0.3, 0.4) is 0 Å². The van der Waals surface area contributed by atoms with Crippen LogP contribution in [0.25, 0.3) is 0 Å². The van der Waals surface area contributed by atoms with Crippen molar-refractivity contribution in [1.29, 1.82) is 0 Å². The standard InChI is InChI=1S/C13H15F3N2O2.ClH/c1-17-10-6-7-18(8-10)12(19)9-2-4-11(5-3-9)20-13(14,15)16;/h2-5,10,17H,6-8H2,1H3;1H/t10-;/m1./s1. The molecule has 1 aromatic rings. The maximum Gasteiger partial charge on any atom is 0.573 e. The van der Waals surface area contributed by atoms with Gasteiger partial charge in [0.25, 0.3) is 5.91 Å². The van der Waals surface area contributed by atoms with Crippen molar-refractivity contribution in [1.82, 2.24) is 10.2 Å². The summed E-state index contributed by atoms with van der Waals surface area (Å²) in [5.41, 5.74) is 0.358. The quantitative estimate of drug-likeness (QED) is 0.928. The molecule has 0 aliphatic carbocycles. The molecule has 0 unspecified atom stereocenters. The summed E-state index contributed by atoms with van der Waals surface area (Å²) in [6, 6.07) is 5.25. The van der Waals surface area contributed by atoms with Gasteiger partial charge in [0.05, 0.1) is 0 Å². The maximum atomic E-state index is 12.1. The van der Waals surface area contributed by atoms with Crippen molar-refractivity contribution in [2.45, 2.75) is 18.8 Å². The predicted octanol–water partition coefficient (Wildman–Crippen LogP) is 2.44. The van der Waals surface area contributed by atoms with E-state index in [0.717, 1.165) is 18.6 Å². The summed E-state index contributed by atoms with van der Waals surface area (Å²) in [6.45, 7) is 1.25. The van der Waals surface area contributed by atoms with Crippen molar-refractivity contribution >= 4 is 18.3 Å². The number of hydrogen-bond donors (Lipinski definition) is 1. The summed E-state index contributed by atoms with van der Waals surface area (Å²) in [6.07, 6.45) is -3.85. The molecule has 21 heavy (non-hydrogen) atoms. The molecule has 1 fully saturated rings. The molecule has 118 valence electrons. The average molecular weight is 325 g/mol. The highest BCUT2D eigenvalue weighted by Crippen LogP contribution is 2.23. The highest BCUT2D eigenvalue weighted by Gasteiger charge is 2.31. The van der Waals surface area contributed by atoms with E-state index in [2.05, 4.69) is 10.1 Å². The molecule has 0 aromatic heterocycles. The van der Waals surface area contributed by atoms with Gasteiger partial charge in [-0.25, -0.2) is 0 Å². The van der Waals surface area contributed by atoms with Crippen molar-refractivity contribution in [2.75, 3.05) is 20.1 Å². The van der Waals surface area contributed by atoms with Crippen molar-refractivity contribution in [3.05, 3.63) is 29.8 Å². The summed E-state index contributed by atoms with van der Waals surface area (Å²) in [4.78, 5) is 13.8. The van der Waals surface area contributed by atoms with Crippen molar-refractivity contribution in [2.24, 2.45) is 0 Å². The van der Waals surface area contributed by atoms with E-state index >= 15 is 0 Å². The summed E-state index contributed by atoms with van der Waals surface area (Å²) in [5.74, 6) is -0.509. The molecule has 4 nitrogen and oxygen atoms in total. The third kappa shape index (κ3) is 4.78. The topological polar surface area (TPSA) is 41.6 Å². The largest absolute Gasteiger partial charge is 0.573 e. The molecular weight excluding hydrogens is 309 g/mol. The van der Waals surface area contributed by atoms with Crippen LogP contribution in [-0.2, 0) is 0 Å². The lowest BCUT2D eigenvalue weighted by Crippen LogP contribution is -2.33. The lowest BCUT2D eigenvalue weighted by atomic mass is 10.2. The second kappa shape index (κ2) is 7.00. The molecule has 8 heteroatoms. The zero-order chi connectivity index (χ0) is 14.8. The minimum Gasteiger partial charge on any atom is -0.406 e. The third-order valence-electron chi connectivity index (χ3n) is 3.22. The molecule has 1 amide bonds. The first kappa shape index (κ1) is 17.6. The molecule has 0 bridgehead atoms. The minimum absolute atomic E-state index is 0. The van der Waals surface area contributed by atoms with Crippen molar-refractivity contribution in [3.63, 3.8) is 0 Å². The second-order valence-corrected chi connectivity index (χ2v) is 4.60. The van der Waals surface area contributed by atoms with E-state index in [1.807, 2.05) is 7.05 Å². The summed E-state index contributed by atoms with van der Waals surface area (Å²) < 4.78 is 39.8. The number of ether oxygens (including phenoxy) is 1. The van der Waals surface area contributed by atoms with E-state index in [9.17, 15) is 18.0 Å². The zero-order valence-corrected chi connectivity index (χ0v) is 12.1. The van der Waals surface area contributed by atoms with E-state index < -0.39 is 6.36 Å². The van der Waals surface area contributed by atoms with Gasteiger partial charge in [0.1, 0.15) is 5.75 Å². The average Bonchev–Trinajstić information content (AvgIpc) is 2.85. The van der Waals surface area contributed by atoms with Crippen LogP contribution in [0.15, 0.2) is 24.3 Å². The Kier molecular flexibility index (Phi) is 5.86. The van der Waals surface area contributed by atoms with Crippen LogP contribution >= 0.6 is 12.4 Å². The lowest BCUT2D eigenvalue weighted by Gasteiger charge is -2.16. The molecule has 1 atom stereocenters. The van der Waals surface area contributed by atoms with Gasteiger partial charge < -0.3 is 15.0 Å². The van der Waals surface area contributed by atoms with Gasteiger partial charge in [0, 0.05) is 24.7 Å². The van der Waals surface area contributed by atoms with Gasteiger partial charge in [0.2, 0.25) is 0 Å². The van der Waals surface area contributed by atoms with Crippen LogP contribution in [0.2, 0.25) is 0 Å². The number of benzene rings is 1. The Morgan fingerprint density at radius 1 is 1.33 bits per heavy atom. The molecule has 1 aliphatic heterocycles. The Morgan fingerprint density at radius 3 is 2.43 bits per heavy atom. The summed E-state index contributed by atoms with van der Waals surface area (Å²) in [5, 5.41) is 3.10. The molecular formula is C13H16ClF3N2O2. The molecule has 1 aromatic carbocycles. The second-order valence-electron chi connectivity index (χ2n) is 4.60. The first-order chi connectivity index (χ1) is 9.39. The Balaban J connectivity index is 0.00000220. The van der Waals surface area contributed by atoms with Crippen LogP contribution in [0.4, 0.5) is 13.2 Å². The lowest BCUT2D eigenvalue weighted by molar-refractivity contribution is -0.274. The number of rotatable bonds is 3. The Bertz CT molecular complexity index is 479. The number of nitrogens with one attached hydrogen (secondary N) is 1. The van der Waals surface area contributed by atoms with Crippen LogP contribution in [0, 0.1) is 0 Å². The number of alkyl halides is 3. The zero-order valence-electron chi connectivity index (χ0n) is 11.3. The fourth-order valence-corrected chi connectivity index (χ4v) is 2.16. The number of amides is 1. The van der Waals surface area contributed by atoms with E-state index in [0.29, 0.717) is 18.7 Å². The maximum absolute atomic E-state index is 12.1. The fraction of sp³-hybridized carbons (Fsp3) is 0.462. The third-order valence-corrected chi connectivity index (χ3v) is 3.22. The van der Waals surface area contributed by atoms with Gasteiger partial charge in [-0.3, -0.25) is 4.79 Å². The van der Waals surface area contributed by atoms with Crippen LogP contribution in [0.1, 0.15) is 16.8 Å². The van der Waals surface area contributed by atoms with E-state index in [1.54, 1.807) is 4.90 Å². The van der Waals surface area contributed by atoms with E-state index in [-0.39, 0.29) is 30.1 Å². The van der Waals surface area contributed by atoms with Gasteiger partial charge in [-0.15, -0.1) is 25.6 Å². The number of carbonyl (C=O) groups is 1. The predicted molar refractivity (Wildman–Crippen MR) is 73.7 cm³/mol. The van der Waals surface area contributed by atoms with Gasteiger partial charge in [-0.2, -0.15) is 0 Å². The SMILES string of the molecule is CN[C@@H]1CCN(C(=O)c2ccc(OC(F)(F)F)cc2)C1.Cl. The molecule has 1 saturated heterocycles. The van der Waals surface area contributed by atoms with Gasteiger partial charge >= 0.3 is 6.36 Å². The first-order valence-corrected chi connectivity index (χ1v) is 6.21. The van der Waals surface area contributed by atoms with Crippen LogP contribution in [-0.4, -0.2) is 43.3 Å². The molecule has 1 aliphatic rings. The highest BCUT2D eigenvalue weighted by atomic mass is 35.5. The van der Waals surface area contributed by atoms with Crippen molar-refractivity contribution < 1.29 is 22.7 Å². The fourth-order valence-electron chi connectivity index (χ4n) is 2.16. The van der Waals surface area contributed by atoms with Gasteiger partial charge in [-0.1, -0.05) is 0 Å². The van der Waals surface area contributed by atoms with E-state index in [4.69, 9.17) is 0 Å². The smallest absolute Gasteiger partial charge is 0.406 e. The number of nitrogens with zero attached hydrogens (tertiary/aromatic N) is 1. The number of hydrogen-bond acceptors (Lipinski definition) is 3. The molecule has 2 rings (SSSR count). The number of likely N-dealkylation sites (tertiary alicyclic amines) is 1. The molecule has 1 N–H and O–H groups in total. The van der Waals surface area contributed by atoms with Gasteiger partial charge in [0.15, 0.2) is 0 Å². The van der Waals surface area contributed by atoms with Gasteiger partial charge in [-0.05, 0) is 37.7 Å². The minimum atomic E-state index is -4.72. The Morgan fingerprint density at radius 2 is 1.95 bits per heavy atom. The molecule has 0 spiro atoms. The normalized spacial score (nSPS) is 18.3. The molecule has 0 saturated carbocycles. The van der Waals surface area contributed by atoms with Crippen LogP contribution in [0.5, 0.6) is 5.75 Å². The number of likely N-dealkylation sites (N-methyl/N-ethyl adjacent to an activating group) is 1. The summed E-state index contributed by atoms with van der Waals surface area (Å²) in [7, 11) is 1.84. The number of carbonyl (C=O) groups excluding carboxylic acids is 1. The summed E-state index contributed by atoms with van der Waals surface area (Å²) >= 11 is 0. The van der Waals surface area contributed by atoms with E-state index in [1.165, 1.54) is 12.1 Å². The Labute approximate surface area is 126 Å². The van der Waals surface area contributed by atoms with Crippen LogP contribution < -0.4 is 10.1 Å². The first-order valence-electron chi connectivity index (χ1n) is 6.21. The number of halogens is 4. The molecule has 0 radical (unpaired) electrons. The van der Waals surface area contributed by atoms with Crippen molar-refractivity contribution in [3.8, 4) is 5.75 Å². The monoisotopic (exact) mass is 324 g/mol. The molecule has 1 heterocycles. The Hall–Kier alpha value is -1.47.